The van der Waals surface area contributed by atoms with Gasteiger partial charge in [0.25, 0.3) is 10.1 Å². The molecule has 0 aliphatic rings. The Morgan fingerprint density at radius 1 is 0.636 bits per heavy atom. The standard InChI is InChI=1S/C25H46O7S/c1-3-5-6-7-8-9-10-11-12-13-14-15-16-17-18-20-22(33(30,31)32)23(25(28)29)21(19-4-2)24(26)27/h22H,3-20H2,1-2H3,(H,26,27)(H,28,29)(H,30,31,32)/b23-21-. The number of rotatable bonds is 22. The smallest absolute Gasteiger partial charge is 0.333 e. The quantitative estimate of drug-likeness (QED) is 0.0867. The maximum Gasteiger partial charge on any atom is 0.333 e. The molecule has 0 rings (SSSR count). The molecule has 0 aliphatic carbocycles. The predicted octanol–water partition coefficient (Wildman–Crippen LogP) is 6.77. The molecule has 0 saturated carbocycles. The van der Waals surface area contributed by atoms with Gasteiger partial charge in [0, 0.05) is 5.57 Å². The van der Waals surface area contributed by atoms with Crippen LogP contribution in [0.1, 0.15) is 129 Å². The fourth-order valence-electron chi connectivity index (χ4n) is 4.21. The first-order valence-electron chi connectivity index (χ1n) is 12.8. The number of hydrogen-bond acceptors (Lipinski definition) is 4. The van der Waals surface area contributed by atoms with Crippen LogP contribution in [0.5, 0.6) is 0 Å². The van der Waals surface area contributed by atoms with Gasteiger partial charge in [0.2, 0.25) is 0 Å². The summed E-state index contributed by atoms with van der Waals surface area (Å²) in [5, 5.41) is 17.1. The molecule has 3 N–H and O–H groups in total. The highest BCUT2D eigenvalue weighted by molar-refractivity contribution is 7.86. The fraction of sp³-hybridized carbons (Fsp3) is 0.840. The van der Waals surface area contributed by atoms with Gasteiger partial charge in [0.15, 0.2) is 0 Å². The van der Waals surface area contributed by atoms with Crippen molar-refractivity contribution in [3.05, 3.63) is 11.1 Å². The summed E-state index contributed by atoms with van der Waals surface area (Å²) in [6.07, 6.45) is 17.4. The Bertz CT molecular complexity index is 683. The van der Waals surface area contributed by atoms with Gasteiger partial charge in [-0.3, -0.25) is 4.55 Å². The molecule has 0 aromatic carbocycles. The first-order chi connectivity index (χ1) is 15.7. The molecule has 8 heteroatoms. The topological polar surface area (TPSA) is 129 Å². The normalized spacial score (nSPS) is 13.5. The molecule has 0 aromatic heterocycles. The van der Waals surface area contributed by atoms with E-state index in [-0.39, 0.29) is 12.8 Å². The summed E-state index contributed by atoms with van der Waals surface area (Å²) in [5.41, 5.74) is -1.16. The van der Waals surface area contributed by atoms with Crippen molar-refractivity contribution in [1.82, 2.24) is 0 Å². The van der Waals surface area contributed by atoms with Gasteiger partial charge in [-0.1, -0.05) is 117 Å². The second-order valence-electron chi connectivity index (χ2n) is 8.99. The molecule has 0 amide bonds. The van der Waals surface area contributed by atoms with Gasteiger partial charge < -0.3 is 10.2 Å². The number of carboxylic acid groups (broad SMARTS) is 2. The summed E-state index contributed by atoms with van der Waals surface area (Å²) in [7, 11) is -4.73. The Morgan fingerprint density at radius 2 is 1.03 bits per heavy atom. The van der Waals surface area contributed by atoms with Crippen molar-refractivity contribution in [1.29, 1.82) is 0 Å². The number of unbranched alkanes of at least 4 members (excludes halogenated alkanes) is 14. The van der Waals surface area contributed by atoms with Gasteiger partial charge in [-0.05, 0) is 12.8 Å². The number of carboxylic acids is 2. The Labute approximate surface area is 200 Å². The molecule has 0 aliphatic heterocycles. The molecule has 33 heavy (non-hydrogen) atoms. The minimum atomic E-state index is -4.73. The Balaban J connectivity index is 4.31. The Kier molecular flexibility index (Phi) is 18.1. The minimum absolute atomic E-state index is 0.0676. The van der Waals surface area contributed by atoms with Crippen molar-refractivity contribution in [3.8, 4) is 0 Å². The molecule has 7 nitrogen and oxygen atoms in total. The second-order valence-corrected chi connectivity index (χ2v) is 10.6. The lowest BCUT2D eigenvalue weighted by Gasteiger charge is -2.17. The number of carbonyl (C=O) groups is 2. The van der Waals surface area contributed by atoms with Crippen LogP contribution in [0.15, 0.2) is 11.1 Å². The third-order valence-electron chi connectivity index (χ3n) is 6.07. The van der Waals surface area contributed by atoms with E-state index in [2.05, 4.69) is 6.92 Å². The highest BCUT2D eigenvalue weighted by Gasteiger charge is 2.35. The maximum atomic E-state index is 11.9. The highest BCUT2D eigenvalue weighted by Crippen LogP contribution is 2.25. The van der Waals surface area contributed by atoms with Crippen LogP contribution in [-0.2, 0) is 19.7 Å². The average Bonchev–Trinajstić information content (AvgIpc) is 2.73. The van der Waals surface area contributed by atoms with E-state index in [9.17, 15) is 32.8 Å². The van der Waals surface area contributed by atoms with E-state index in [0.717, 1.165) is 19.3 Å². The van der Waals surface area contributed by atoms with Gasteiger partial charge in [0.05, 0.1) is 5.57 Å². The summed E-state index contributed by atoms with van der Waals surface area (Å²) in [6, 6.07) is 0. The van der Waals surface area contributed by atoms with E-state index in [1.54, 1.807) is 6.92 Å². The Morgan fingerprint density at radius 3 is 1.33 bits per heavy atom. The van der Waals surface area contributed by atoms with E-state index in [4.69, 9.17) is 0 Å². The summed E-state index contributed by atoms with van der Waals surface area (Å²) >= 11 is 0. The van der Waals surface area contributed by atoms with Crippen LogP contribution in [-0.4, -0.2) is 40.4 Å². The van der Waals surface area contributed by atoms with Crippen LogP contribution in [0.2, 0.25) is 0 Å². The summed E-state index contributed by atoms with van der Waals surface area (Å²) in [5.74, 6) is -3.07. The Hall–Kier alpha value is -1.41. The average molecular weight is 491 g/mol. The van der Waals surface area contributed by atoms with Crippen molar-refractivity contribution >= 4 is 22.1 Å². The SMILES string of the molecule is CCCCCCCCCCCCCCCCCC(/C(C(=O)O)=C(\CCC)C(=O)O)S(=O)(=O)O. The minimum Gasteiger partial charge on any atom is -0.478 e. The molecule has 0 spiro atoms. The first-order valence-corrected chi connectivity index (χ1v) is 14.3. The predicted molar refractivity (Wildman–Crippen MR) is 132 cm³/mol. The molecule has 194 valence electrons. The van der Waals surface area contributed by atoms with Crippen molar-refractivity contribution < 1.29 is 32.8 Å². The fourth-order valence-corrected chi connectivity index (χ4v) is 5.22. The third-order valence-corrected chi connectivity index (χ3v) is 7.26. The van der Waals surface area contributed by atoms with E-state index >= 15 is 0 Å². The monoisotopic (exact) mass is 490 g/mol. The van der Waals surface area contributed by atoms with Crippen LogP contribution in [0, 0.1) is 0 Å². The second kappa shape index (κ2) is 19.0. The maximum absolute atomic E-state index is 11.9. The number of aliphatic carboxylic acids is 2. The zero-order chi connectivity index (χ0) is 25.1. The zero-order valence-corrected chi connectivity index (χ0v) is 21.5. The summed E-state index contributed by atoms with van der Waals surface area (Å²) in [4.78, 5) is 23.2. The molecule has 0 radical (unpaired) electrons. The molecular formula is C25H46O7S. The molecule has 0 bridgehead atoms. The van der Waals surface area contributed by atoms with E-state index in [1.807, 2.05) is 0 Å². The van der Waals surface area contributed by atoms with Gasteiger partial charge in [0.1, 0.15) is 5.25 Å². The van der Waals surface area contributed by atoms with Gasteiger partial charge in [-0.2, -0.15) is 8.42 Å². The molecule has 0 aromatic rings. The first kappa shape index (κ1) is 31.6. The summed E-state index contributed by atoms with van der Waals surface area (Å²) in [6.45, 7) is 3.91. The van der Waals surface area contributed by atoms with Gasteiger partial charge in [-0.15, -0.1) is 0 Å². The van der Waals surface area contributed by atoms with E-state index in [0.29, 0.717) is 19.3 Å². The van der Waals surface area contributed by atoms with Crippen LogP contribution in [0.25, 0.3) is 0 Å². The van der Waals surface area contributed by atoms with Crippen LogP contribution < -0.4 is 0 Å². The van der Waals surface area contributed by atoms with Crippen molar-refractivity contribution in [2.24, 2.45) is 0 Å². The lowest BCUT2D eigenvalue weighted by molar-refractivity contribution is -0.136. The molecule has 0 fully saturated rings. The highest BCUT2D eigenvalue weighted by atomic mass is 32.2. The molecule has 0 saturated heterocycles. The van der Waals surface area contributed by atoms with Crippen molar-refractivity contribution in [2.45, 2.75) is 135 Å². The van der Waals surface area contributed by atoms with Gasteiger partial charge in [-0.25, -0.2) is 9.59 Å². The van der Waals surface area contributed by atoms with Crippen LogP contribution >= 0.6 is 0 Å². The van der Waals surface area contributed by atoms with E-state index in [1.165, 1.54) is 64.2 Å². The molecular weight excluding hydrogens is 444 g/mol. The number of hydrogen-bond donors (Lipinski definition) is 3. The molecule has 1 atom stereocenters. The van der Waals surface area contributed by atoms with Crippen molar-refractivity contribution in [3.63, 3.8) is 0 Å². The molecule has 1 unspecified atom stereocenters. The van der Waals surface area contributed by atoms with Gasteiger partial charge >= 0.3 is 11.9 Å². The van der Waals surface area contributed by atoms with E-state index < -0.39 is 38.5 Å². The molecule has 0 heterocycles. The lowest BCUT2D eigenvalue weighted by atomic mass is 9.97. The summed E-state index contributed by atoms with van der Waals surface area (Å²) < 4.78 is 33.3. The largest absolute Gasteiger partial charge is 0.478 e. The zero-order valence-electron chi connectivity index (χ0n) is 20.7. The van der Waals surface area contributed by atoms with Crippen molar-refractivity contribution in [2.75, 3.05) is 0 Å². The third kappa shape index (κ3) is 15.2. The van der Waals surface area contributed by atoms with Crippen LogP contribution in [0.3, 0.4) is 0 Å². The lowest BCUT2D eigenvalue weighted by Crippen LogP contribution is -2.30. The van der Waals surface area contributed by atoms with Crippen LogP contribution in [0.4, 0.5) is 0 Å².